The van der Waals surface area contributed by atoms with Crippen LogP contribution in [0.4, 0.5) is 0 Å². The van der Waals surface area contributed by atoms with Gasteiger partial charge in [0.25, 0.3) is 5.91 Å². The number of ether oxygens (including phenoxy) is 2. The molecule has 1 fully saturated rings. The topological polar surface area (TPSA) is 93.9 Å². The number of nitrogens with one attached hydrogen (secondary N) is 1. The summed E-state index contributed by atoms with van der Waals surface area (Å²) >= 11 is 0. The Morgan fingerprint density at radius 2 is 2.16 bits per heavy atom. The number of amides is 2. The molecule has 7 nitrogen and oxygen atoms in total. The van der Waals surface area contributed by atoms with Gasteiger partial charge < -0.3 is 25.4 Å². The predicted molar refractivity (Wildman–Crippen MR) is 94.9 cm³/mol. The molecule has 0 spiro atoms. The molecule has 7 heteroatoms. The average Bonchev–Trinajstić information content (AvgIpc) is 2.77. The minimum atomic E-state index is -0.173. The lowest BCUT2D eigenvalue weighted by Gasteiger charge is -2.17. The van der Waals surface area contributed by atoms with Crippen LogP contribution in [0.1, 0.15) is 36.0 Å². The van der Waals surface area contributed by atoms with Crippen LogP contribution < -0.4 is 20.5 Å². The van der Waals surface area contributed by atoms with Crippen molar-refractivity contribution in [1.82, 2.24) is 10.2 Å². The van der Waals surface area contributed by atoms with Gasteiger partial charge in [0.15, 0.2) is 11.5 Å². The molecule has 2 amide bonds. The van der Waals surface area contributed by atoms with Crippen LogP contribution in [-0.2, 0) is 4.79 Å². The van der Waals surface area contributed by atoms with E-state index in [1.807, 2.05) is 0 Å². The maximum Gasteiger partial charge on any atom is 0.251 e. The van der Waals surface area contributed by atoms with Crippen molar-refractivity contribution in [3.63, 3.8) is 0 Å². The van der Waals surface area contributed by atoms with Gasteiger partial charge in [-0.25, -0.2) is 0 Å². The second-order valence-corrected chi connectivity index (χ2v) is 6.17. The number of carbonyl (C=O) groups is 2. The van der Waals surface area contributed by atoms with Crippen molar-refractivity contribution < 1.29 is 19.1 Å². The summed E-state index contributed by atoms with van der Waals surface area (Å²) in [6.07, 6.45) is 2.59. The van der Waals surface area contributed by atoms with Crippen LogP contribution in [0.3, 0.4) is 0 Å². The third kappa shape index (κ3) is 5.35. The van der Waals surface area contributed by atoms with Gasteiger partial charge in [0.05, 0.1) is 13.7 Å². The van der Waals surface area contributed by atoms with Gasteiger partial charge in [-0.15, -0.1) is 0 Å². The summed E-state index contributed by atoms with van der Waals surface area (Å²) in [4.78, 5) is 26.0. The van der Waals surface area contributed by atoms with E-state index in [9.17, 15) is 9.59 Å². The standard InChI is InChI=1S/C18H27N3O4/c1-21-10-8-14(5-7-17(21)22)20-18(23)13-4-6-15(24-2)16(12-13)25-11-3-9-19/h4,6,12,14H,3,5,7-11,19H2,1-2H3,(H,20,23). The molecule has 1 aliphatic rings. The minimum absolute atomic E-state index is 0.00916. The number of hydrogen-bond donors (Lipinski definition) is 2. The largest absolute Gasteiger partial charge is 0.493 e. The highest BCUT2D eigenvalue weighted by atomic mass is 16.5. The zero-order valence-corrected chi connectivity index (χ0v) is 14.9. The van der Waals surface area contributed by atoms with Crippen LogP contribution in [0.25, 0.3) is 0 Å². The summed E-state index contributed by atoms with van der Waals surface area (Å²) < 4.78 is 10.9. The smallest absolute Gasteiger partial charge is 0.251 e. The van der Waals surface area contributed by atoms with E-state index in [2.05, 4.69) is 5.32 Å². The fourth-order valence-corrected chi connectivity index (χ4v) is 2.72. The van der Waals surface area contributed by atoms with Gasteiger partial charge in [-0.2, -0.15) is 0 Å². The molecule has 0 aliphatic carbocycles. The van der Waals surface area contributed by atoms with Crippen molar-refractivity contribution in [3.8, 4) is 11.5 Å². The summed E-state index contributed by atoms with van der Waals surface area (Å²) in [5.74, 6) is 1.06. The average molecular weight is 349 g/mol. The fraction of sp³-hybridized carbons (Fsp3) is 0.556. The van der Waals surface area contributed by atoms with Crippen molar-refractivity contribution in [2.75, 3.05) is 33.9 Å². The van der Waals surface area contributed by atoms with Crippen LogP contribution in [0, 0.1) is 0 Å². The SMILES string of the molecule is COc1ccc(C(=O)NC2CCC(=O)N(C)CC2)cc1OCCCN. The van der Waals surface area contributed by atoms with Crippen molar-refractivity contribution in [2.24, 2.45) is 5.73 Å². The number of nitrogens with zero attached hydrogens (tertiary/aromatic N) is 1. The van der Waals surface area contributed by atoms with E-state index in [0.717, 1.165) is 12.8 Å². The van der Waals surface area contributed by atoms with Gasteiger partial charge in [-0.3, -0.25) is 9.59 Å². The number of carbonyl (C=O) groups excluding carboxylic acids is 2. The van der Waals surface area contributed by atoms with Crippen molar-refractivity contribution in [1.29, 1.82) is 0 Å². The molecule has 1 aliphatic heterocycles. The number of nitrogens with two attached hydrogens (primary N) is 1. The van der Waals surface area contributed by atoms with Crippen LogP contribution in [0.5, 0.6) is 11.5 Å². The molecule has 1 heterocycles. The normalized spacial score (nSPS) is 17.8. The molecule has 1 aromatic carbocycles. The van der Waals surface area contributed by atoms with Gasteiger partial charge in [-0.05, 0) is 44.0 Å². The van der Waals surface area contributed by atoms with E-state index in [-0.39, 0.29) is 17.9 Å². The van der Waals surface area contributed by atoms with Gasteiger partial charge in [0.2, 0.25) is 5.91 Å². The third-order valence-electron chi connectivity index (χ3n) is 4.31. The van der Waals surface area contributed by atoms with Crippen molar-refractivity contribution in [3.05, 3.63) is 23.8 Å². The van der Waals surface area contributed by atoms with Gasteiger partial charge in [0, 0.05) is 31.6 Å². The quantitative estimate of drug-likeness (QED) is 0.721. The Hall–Kier alpha value is -2.28. The molecule has 1 saturated heterocycles. The van der Waals surface area contributed by atoms with E-state index in [4.69, 9.17) is 15.2 Å². The lowest BCUT2D eigenvalue weighted by molar-refractivity contribution is -0.129. The second kappa shape index (κ2) is 9.27. The first-order valence-corrected chi connectivity index (χ1v) is 8.61. The molecule has 2 rings (SSSR count). The molecule has 0 saturated carbocycles. The van der Waals surface area contributed by atoms with Gasteiger partial charge in [0.1, 0.15) is 0 Å². The molecule has 0 bridgehead atoms. The third-order valence-corrected chi connectivity index (χ3v) is 4.31. The Balaban J connectivity index is 2.03. The maximum absolute atomic E-state index is 12.5. The molecule has 1 aromatic rings. The van der Waals surface area contributed by atoms with Gasteiger partial charge in [-0.1, -0.05) is 0 Å². The van der Waals surface area contributed by atoms with Crippen LogP contribution in [0.15, 0.2) is 18.2 Å². The number of likely N-dealkylation sites (tertiary alicyclic amines) is 1. The number of methoxy groups -OCH3 is 1. The molecular formula is C18H27N3O4. The summed E-state index contributed by atoms with van der Waals surface area (Å²) in [5.41, 5.74) is 5.98. The maximum atomic E-state index is 12.5. The number of rotatable bonds is 7. The number of benzene rings is 1. The van der Waals surface area contributed by atoms with E-state index >= 15 is 0 Å². The molecule has 1 unspecified atom stereocenters. The van der Waals surface area contributed by atoms with E-state index < -0.39 is 0 Å². The zero-order chi connectivity index (χ0) is 18.2. The molecule has 138 valence electrons. The molecule has 0 aromatic heterocycles. The highest BCUT2D eigenvalue weighted by Gasteiger charge is 2.22. The molecule has 1 atom stereocenters. The molecule has 0 radical (unpaired) electrons. The Bertz CT molecular complexity index is 606. The predicted octanol–water partition coefficient (Wildman–Crippen LogP) is 1.16. The van der Waals surface area contributed by atoms with Gasteiger partial charge >= 0.3 is 0 Å². The zero-order valence-electron chi connectivity index (χ0n) is 14.9. The summed E-state index contributed by atoms with van der Waals surface area (Å²) in [6.45, 7) is 1.66. The second-order valence-electron chi connectivity index (χ2n) is 6.17. The van der Waals surface area contributed by atoms with Crippen molar-refractivity contribution in [2.45, 2.75) is 31.7 Å². The highest BCUT2D eigenvalue weighted by Crippen LogP contribution is 2.28. The monoisotopic (exact) mass is 349 g/mol. The van der Waals surface area contributed by atoms with E-state index in [0.29, 0.717) is 49.6 Å². The first-order valence-electron chi connectivity index (χ1n) is 8.61. The summed E-state index contributed by atoms with van der Waals surface area (Å²) in [5, 5.41) is 3.01. The van der Waals surface area contributed by atoms with Crippen LogP contribution >= 0.6 is 0 Å². The first-order chi connectivity index (χ1) is 12.0. The Kier molecular flexibility index (Phi) is 7.06. The molecule has 3 N–H and O–H groups in total. The molecule has 25 heavy (non-hydrogen) atoms. The lowest BCUT2D eigenvalue weighted by Crippen LogP contribution is -2.35. The van der Waals surface area contributed by atoms with Crippen LogP contribution in [0.2, 0.25) is 0 Å². The lowest BCUT2D eigenvalue weighted by atomic mass is 10.1. The van der Waals surface area contributed by atoms with Crippen LogP contribution in [-0.4, -0.2) is 56.6 Å². The molecular weight excluding hydrogens is 322 g/mol. The Labute approximate surface area is 148 Å². The fourth-order valence-electron chi connectivity index (χ4n) is 2.72. The van der Waals surface area contributed by atoms with Crippen molar-refractivity contribution >= 4 is 11.8 Å². The summed E-state index contributed by atoms with van der Waals surface area (Å²) in [7, 11) is 3.35. The van der Waals surface area contributed by atoms with E-state index in [1.165, 1.54) is 0 Å². The Morgan fingerprint density at radius 3 is 2.88 bits per heavy atom. The summed E-state index contributed by atoms with van der Waals surface area (Å²) in [6, 6.07) is 5.10. The van der Waals surface area contributed by atoms with E-state index in [1.54, 1.807) is 37.3 Å². The number of hydrogen-bond acceptors (Lipinski definition) is 5. The minimum Gasteiger partial charge on any atom is -0.493 e. The Morgan fingerprint density at radius 1 is 1.36 bits per heavy atom. The first kappa shape index (κ1) is 19.1. The highest BCUT2D eigenvalue weighted by molar-refractivity contribution is 5.95.